The first kappa shape index (κ1) is 15.9. The average molecular weight is 258 g/mol. The third-order valence-electron chi connectivity index (χ3n) is 3.32. The summed E-state index contributed by atoms with van der Waals surface area (Å²) in [4.78, 5) is 2.50. The summed E-state index contributed by atoms with van der Waals surface area (Å²) in [6.45, 7) is 13.1. The Kier molecular flexibility index (Phi) is 8.59. The third kappa shape index (κ3) is 5.65. The number of nitrogens with one attached hydrogen (secondary N) is 1. The van der Waals surface area contributed by atoms with Gasteiger partial charge in [0, 0.05) is 19.7 Å². The maximum Gasteiger partial charge on any atom is 0.0877 e. The second kappa shape index (κ2) is 9.73. The first-order valence-electron chi connectivity index (χ1n) is 7.46. The molecule has 1 heterocycles. The Morgan fingerprint density at radius 3 is 2.83 bits per heavy atom. The number of rotatable bonds is 9. The monoisotopic (exact) mass is 258 g/mol. The van der Waals surface area contributed by atoms with E-state index in [2.05, 4.69) is 24.1 Å². The largest absolute Gasteiger partial charge is 0.380 e. The molecule has 18 heavy (non-hydrogen) atoms. The number of hydrogen-bond donors (Lipinski definition) is 1. The van der Waals surface area contributed by atoms with Gasteiger partial charge in [-0.05, 0) is 32.9 Å². The summed E-state index contributed by atoms with van der Waals surface area (Å²) < 4.78 is 11.5. The molecule has 0 radical (unpaired) electrons. The molecule has 0 bridgehead atoms. The van der Waals surface area contributed by atoms with Crippen LogP contribution in [0, 0.1) is 0 Å². The zero-order valence-electron chi connectivity index (χ0n) is 12.3. The maximum atomic E-state index is 5.93. The van der Waals surface area contributed by atoms with E-state index in [1.807, 2.05) is 6.92 Å². The lowest BCUT2D eigenvalue weighted by molar-refractivity contribution is -0.0605. The van der Waals surface area contributed by atoms with Crippen LogP contribution >= 0.6 is 0 Å². The lowest BCUT2D eigenvalue weighted by atomic mass is 10.1. The van der Waals surface area contributed by atoms with Crippen LogP contribution in [-0.2, 0) is 9.47 Å². The van der Waals surface area contributed by atoms with E-state index in [1.54, 1.807) is 0 Å². The number of ether oxygens (including phenoxy) is 2. The highest BCUT2D eigenvalue weighted by Gasteiger charge is 2.27. The fourth-order valence-corrected chi connectivity index (χ4v) is 2.37. The van der Waals surface area contributed by atoms with Crippen molar-refractivity contribution in [1.82, 2.24) is 10.2 Å². The lowest BCUT2D eigenvalue weighted by Crippen LogP contribution is -2.54. The zero-order chi connectivity index (χ0) is 13.2. The van der Waals surface area contributed by atoms with Crippen molar-refractivity contribution >= 4 is 0 Å². The Labute approximate surface area is 112 Å². The minimum absolute atomic E-state index is 0.267. The summed E-state index contributed by atoms with van der Waals surface area (Å²) in [6.07, 6.45) is 2.63. The summed E-state index contributed by atoms with van der Waals surface area (Å²) in [5.74, 6) is 0. The normalized spacial score (nSPS) is 23.2. The summed E-state index contributed by atoms with van der Waals surface area (Å²) >= 11 is 0. The van der Waals surface area contributed by atoms with Crippen molar-refractivity contribution in [2.75, 3.05) is 46.0 Å². The van der Waals surface area contributed by atoms with E-state index >= 15 is 0 Å². The highest BCUT2D eigenvalue weighted by atomic mass is 16.5. The standard InChI is InChI=1S/C14H30N2O2/c1-4-7-15-13(12-17-6-3)14-11-16(8-5-2)9-10-18-14/h13-15H,4-12H2,1-3H3. The molecule has 1 saturated heterocycles. The van der Waals surface area contributed by atoms with Crippen LogP contribution in [0.15, 0.2) is 0 Å². The van der Waals surface area contributed by atoms with Gasteiger partial charge in [-0.25, -0.2) is 0 Å². The number of hydrogen-bond acceptors (Lipinski definition) is 4. The van der Waals surface area contributed by atoms with Crippen molar-refractivity contribution in [1.29, 1.82) is 0 Å². The van der Waals surface area contributed by atoms with E-state index in [0.717, 1.165) is 45.9 Å². The molecule has 108 valence electrons. The molecule has 1 aliphatic rings. The highest BCUT2D eigenvalue weighted by molar-refractivity contribution is 4.83. The Morgan fingerprint density at radius 1 is 1.33 bits per heavy atom. The summed E-state index contributed by atoms with van der Waals surface area (Å²) in [6, 6.07) is 0.324. The molecule has 0 saturated carbocycles. The average Bonchev–Trinajstić information content (AvgIpc) is 2.40. The molecule has 0 amide bonds. The van der Waals surface area contributed by atoms with Gasteiger partial charge < -0.3 is 14.8 Å². The predicted molar refractivity (Wildman–Crippen MR) is 75.0 cm³/mol. The van der Waals surface area contributed by atoms with Gasteiger partial charge >= 0.3 is 0 Å². The Hall–Kier alpha value is -0.160. The molecule has 0 aromatic rings. The van der Waals surface area contributed by atoms with Gasteiger partial charge in [-0.3, -0.25) is 4.90 Å². The Morgan fingerprint density at radius 2 is 2.17 bits per heavy atom. The Balaban J connectivity index is 2.42. The third-order valence-corrected chi connectivity index (χ3v) is 3.32. The molecule has 2 unspecified atom stereocenters. The smallest absolute Gasteiger partial charge is 0.0877 e. The topological polar surface area (TPSA) is 33.7 Å². The molecular weight excluding hydrogens is 228 g/mol. The number of nitrogens with zero attached hydrogens (tertiary/aromatic N) is 1. The molecule has 2 atom stereocenters. The van der Waals surface area contributed by atoms with Gasteiger partial charge in [-0.2, -0.15) is 0 Å². The van der Waals surface area contributed by atoms with E-state index < -0.39 is 0 Å². The molecular formula is C14H30N2O2. The van der Waals surface area contributed by atoms with E-state index in [4.69, 9.17) is 9.47 Å². The predicted octanol–water partition coefficient (Wildman–Crippen LogP) is 1.50. The Bertz CT molecular complexity index is 192. The first-order valence-corrected chi connectivity index (χ1v) is 7.46. The van der Waals surface area contributed by atoms with Crippen LogP contribution in [0.25, 0.3) is 0 Å². The van der Waals surface area contributed by atoms with Gasteiger partial charge in [-0.15, -0.1) is 0 Å². The zero-order valence-corrected chi connectivity index (χ0v) is 12.3. The summed E-state index contributed by atoms with van der Waals surface area (Å²) in [5, 5.41) is 3.56. The van der Waals surface area contributed by atoms with Crippen LogP contribution < -0.4 is 5.32 Å². The quantitative estimate of drug-likeness (QED) is 0.679. The molecule has 4 heteroatoms. The van der Waals surface area contributed by atoms with Crippen molar-refractivity contribution < 1.29 is 9.47 Å². The number of morpholine rings is 1. The van der Waals surface area contributed by atoms with Crippen LogP contribution in [0.3, 0.4) is 0 Å². The van der Waals surface area contributed by atoms with Crippen LogP contribution in [0.4, 0.5) is 0 Å². The van der Waals surface area contributed by atoms with Gasteiger partial charge in [0.1, 0.15) is 0 Å². The molecule has 1 fully saturated rings. The SMILES string of the molecule is CCCNC(COCC)C1CN(CCC)CCO1. The van der Waals surface area contributed by atoms with Crippen molar-refractivity contribution in [2.24, 2.45) is 0 Å². The molecule has 0 aromatic carbocycles. The van der Waals surface area contributed by atoms with Crippen LogP contribution in [-0.4, -0.2) is 63.0 Å². The molecule has 1 aliphatic heterocycles. The van der Waals surface area contributed by atoms with Crippen molar-refractivity contribution in [3.63, 3.8) is 0 Å². The second-order valence-electron chi connectivity index (χ2n) is 4.93. The minimum atomic E-state index is 0.267. The van der Waals surface area contributed by atoms with Crippen molar-refractivity contribution in [3.8, 4) is 0 Å². The summed E-state index contributed by atoms with van der Waals surface area (Å²) in [5.41, 5.74) is 0. The highest BCUT2D eigenvalue weighted by Crippen LogP contribution is 2.10. The van der Waals surface area contributed by atoms with Gasteiger partial charge in [0.15, 0.2) is 0 Å². The van der Waals surface area contributed by atoms with Crippen LogP contribution in [0.1, 0.15) is 33.6 Å². The second-order valence-corrected chi connectivity index (χ2v) is 4.93. The fourth-order valence-electron chi connectivity index (χ4n) is 2.37. The van der Waals surface area contributed by atoms with Gasteiger partial charge in [0.05, 0.1) is 25.4 Å². The van der Waals surface area contributed by atoms with Crippen LogP contribution in [0.5, 0.6) is 0 Å². The molecule has 1 rings (SSSR count). The minimum Gasteiger partial charge on any atom is -0.380 e. The first-order chi connectivity index (χ1) is 8.81. The van der Waals surface area contributed by atoms with E-state index in [-0.39, 0.29) is 6.10 Å². The molecule has 0 aromatic heterocycles. The molecule has 0 spiro atoms. The summed E-state index contributed by atoms with van der Waals surface area (Å²) in [7, 11) is 0. The van der Waals surface area contributed by atoms with E-state index in [9.17, 15) is 0 Å². The van der Waals surface area contributed by atoms with Gasteiger partial charge in [-0.1, -0.05) is 13.8 Å². The van der Waals surface area contributed by atoms with Crippen molar-refractivity contribution in [2.45, 2.75) is 45.8 Å². The van der Waals surface area contributed by atoms with Gasteiger partial charge in [0.2, 0.25) is 0 Å². The maximum absolute atomic E-state index is 5.93. The van der Waals surface area contributed by atoms with Crippen molar-refractivity contribution in [3.05, 3.63) is 0 Å². The molecule has 4 nitrogen and oxygen atoms in total. The molecule has 1 N–H and O–H groups in total. The van der Waals surface area contributed by atoms with Gasteiger partial charge in [0.25, 0.3) is 0 Å². The fraction of sp³-hybridized carbons (Fsp3) is 1.00. The van der Waals surface area contributed by atoms with Crippen LogP contribution in [0.2, 0.25) is 0 Å². The van der Waals surface area contributed by atoms with E-state index in [0.29, 0.717) is 6.04 Å². The van der Waals surface area contributed by atoms with E-state index in [1.165, 1.54) is 13.0 Å². The molecule has 0 aliphatic carbocycles. The lowest BCUT2D eigenvalue weighted by Gasteiger charge is -2.37.